The van der Waals surface area contributed by atoms with Crippen LogP contribution in [0.2, 0.25) is 0 Å². The maximum Gasteiger partial charge on any atom is 0.344 e. The summed E-state index contributed by atoms with van der Waals surface area (Å²) in [5.74, 6) is -0.762. The van der Waals surface area contributed by atoms with Gasteiger partial charge >= 0.3 is 5.97 Å². The summed E-state index contributed by atoms with van der Waals surface area (Å²) >= 11 is 0. The highest BCUT2D eigenvalue weighted by molar-refractivity contribution is 5.94. The molecule has 0 aliphatic carbocycles. The van der Waals surface area contributed by atoms with Gasteiger partial charge in [0.2, 0.25) is 5.91 Å². The van der Waals surface area contributed by atoms with Gasteiger partial charge in [-0.3, -0.25) is 29.9 Å². The summed E-state index contributed by atoms with van der Waals surface area (Å²) in [6, 6.07) is 10.7. The molecule has 0 spiro atoms. The lowest BCUT2D eigenvalue weighted by Gasteiger charge is -2.34. The van der Waals surface area contributed by atoms with Crippen molar-refractivity contribution in [1.82, 2.24) is 9.80 Å². The first-order chi connectivity index (χ1) is 15.8. The van der Waals surface area contributed by atoms with E-state index in [9.17, 15) is 29.8 Å². The number of nitrogens with zero attached hydrogens (tertiary/aromatic N) is 4. The third-order valence-corrected chi connectivity index (χ3v) is 5.59. The van der Waals surface area contributed by atoms with Gasteiger partial charge in [-0.1, -0.05) is 18.2 Å². The standard InChI is InChI=1S/C22H24N4O7/c1-33-22(28)19-14-17(4-7-20(19)26(31)32)8-10-23-12-13-24(21(27)15-23)11-9-16-2-5-18(6-3-16)25(29)30/h2-7,14H,8-13,15H2,1H3. The van der Waals surface area contributed by atoms with E-state index in [-0.39, 0.29) is 29.4 Å². The van der Waals surface area contributed by atoms with Crippen LogP contribution in [-0.2, 0) is 22.4 Å². The Hall–Kier alpha value is -3.86. The number of esters is 1. The number of methoxy groups -OCH3 is 1. The van der Waals surface area contributed by atoms with Gasteiger partial charge in [-0.25, -0.2) is 4.79 Å². The van der Waals surface area contributed by atoms with E-state index in [2.05, 4.69) is 4.74 Å². The lowest BCUT2D eigenvalue weighted by atomic mass is 10.1. The molecule has 174 valence electrons. The lowest BCUT2D eigenvalue weighted by Crippen LogP contribution is -2.51. The fraction of sp³-hybridized carbons (Fsp3) is 0.364. The summed E-state index contributed by atoms with van der Waals surface area (Å²) in [5, 5.41) is 21.9. The third kappa shape index (κ3) is 6.10. The Morgan fingerprint density at radius 3 is 2.24 bits per heavy atom. The van der Waals surface area contributed by atoms with Crippen LogP contribution in [0.1, 0.15) is 21.5 Å². The molecule has 2 aromatic carbocycles. The molecule has 1 aliphatic heterocycles. The molecule has 1 heterocycles. The molecule has 1 saturated heterocycles. The molecule has 0 bridgehead atoms. The van der Waals surface area contributed by atoms with Crippen LogP contribution in [0.5, 0.6) is 0 Å². The van der Waals surface area contributed by atoms with Crippen molar-refractivity contribution in [3.63, 3.8) is 0 Å². The van der Waals surface area contributed by atoms with Crippen molar-refractivity contribution < 1.29 is 24.2 Å². The average Bonchev–Trinajstić information content (AvgIpc) is 2.81. The zero-order chi connectivity index (χ0) is 24.0. The van der Waals surface area contributed by atoms with E-state index >= 15 is 0 Å². The molecule has 1 aliphatic rings. The van der Waals surface area contributed by atoms with Crippen LogP contribution < -0.4 is 0 Å². The predicted octanol–water partition coefficient (Wildman–Crippen LogP) is 2.22. The molecule has 0 N–H and O–H groups in total. The number of hydrogen-bond donors (Lipinski definition) is 0. The van der Waals surface area contributed by atoms with Crippen molar-refractivity contribution in [2.75, 3.05) is 39.8 Å². The maximum absolute atomic E-state index is 12.5. The van der Waals surface area contributed by atoms with Crippen LogP contribution in [0.15, 0.2) is 42.5 Å². The summed E-state index contributed by atoms with van der Waals surface area (Å²) in [4.78, 5) is 49.0. The monoisotopic (exact) mass is 456 g/mol. The van der Waals surface area contributed by atoms with Gasteiger partial charge in [0.05, 0.1) is 23.5 Å². The number of carbonyl (C=O) groups is 2. The Kier molecular flexibility index (Phi) is 7.67. The van der Waals surface area contributed by atoms with Gasteiger partial charge in [0, 0.05) is 44.4 Å². The molecule has 11 heteroatoms. The van der Waals surface area contributed by atoms with Crippen LogP contribution in [0.4, 0.5) is 11.4 Å². The van der Waals surface area contributed by atoms with Crippen LogP contribution in [-0.4, -0.2) is 71.4 Å². The number of nitro groups is 2. The molecule has 11 nitrogen and oxygen atoms in total. The summed E-state index contributed by atoms with van der Waals surface area (Å²) in [5.41, 5.74) is 1.31. The Labute approximate surface area is 189 Å². The normalized spacial score (nSPS) is 14.2. The third-order valence-electron chi connectivity index (χ3n) is 5.59. The first kappa shape index (κ1) is 23.8. The Morgan fingerprint density at radius 1 is 0.970 bits per heavy atom. The van der Waals surface area contributed by atoms with Crippen LogP contribution in [0.25, 0.3) is 0 Å². The number of nitro benzene ring substituents is 2. The Morgan fingerprint density at radius 2 is 1.64 bits per heavy atom. The minimum absolute atomic E-state index is 0.00195. The number of rotatable bonds is 9. The van der Waals surface area contributed by atoms with E-state index in [0.717, 1.165) is 11.1 Å². The first-order valence-electron chi connectivity index (χ1n) is 10.4. The van der Waals surface area contributed by atoms with Crippen molar-refractivity contribution in [2.45, 2.75) is 12.8 Å². The quantitative estimate of drug-likeness (QED) is 0.318. The number of piperazine rings is 1. The second-order valence-electron chi connectivity index (χ2n) is 7.68. The molecule has 33 heavy (non-hydrogen) atoms. The van der Waals surface area contributed by atoms with Crippen molar-refractivity contribution in [1.29, 1.82) is 0 Å². The topological polar surface area (TPSA) is 136 Å². The van der Waals surface area contributed by atoms with Gasteiger partial charge in [0.15, 0.2) is 0 Å². The van der Waals surface area contributed by atoms with E-state index in [0.29, 0.717) is 39.0 Å². The number of ether oxygens (including phenoxy) is 1. The van der Waals surface area contributed by atoms with Gasteiger partial charge in [-0.05, 0) is 30.0 Å². The highest BCUT2D eigenvalue weighted by Crippen LogP contribution is 2.21. The number of amides is 1. The summed E-state index contributed by atoms with van der Waals surface area (Å²) in [6.45, 7) is 2.62. The Bertz CT molecular complexity index is 1060. The van der Waals surface area contributed by atoms with E-state index in [1.54, 1.807) is 23.1 Å². The fourth-order valence-electron chi connectivity index (χ4n) is 3.69. The molecular weight excluding hydrogens is 432 g/mol. The van der Waals surface area contributed by atoms with Crippen LogP contribution in [0.3, 0.4) is 0 Å². The van der Waals surface area contributed by atoms with Gasteiger partial charge in [0.25, 0.3) is 11.4 Å². The van der Waals surface area contributed by atoms with Gasteiger partial charge in [-0.15, -0.1) is 0 Å². The summed E-state index contributed by atoms with van der Waals surface area (Å²) in [7, 11) is 1.17. The number of hydrogen-bond acceptors (Lipinski definition) is 8. The van der Waals surface area contributed by atoms with E-state index in [1.165, 1.54) is 31.4 Å². The molecule has 1 amide bonds. The maximum atomic E-state index is 12.5. The second kappa shape index (κ2) is 10.6. The van der Waals surface area contributed by atoms with Crippen molar-refractivity contribution in [3.8, 4) is 0 Å². The average molecular weight is 456 g/mol. The Balaban J connectivity index is 1.51. The molecule has 1 fully saturated rings. The molecule has 0 saturated carbocycles. The highest BCUT2D eigenvalue weighted by Gasteiger charge is 2.24. The summed E-state index contributed by atoms with van der Waals surface area (Å²) in [6.07, 6.45) is 1.14. The van der Waals surface area contributed by atoms with Crippen LogP contribution >= 0.6 is 0 Å². The predicted molar refractivity (Wildman–Crippen MR) is 118 cm³/mol. The molecular formula is C22H24N4O7. The van der Waals surface area contributed by atoms with Crippen LogP contribution in [0, 0.1) is 20.2 Å². The molecule has 0 atom stereocenters. The van der Waals surface area contributed by atoms with E-state index < -0.39 is 15.8 Å². The van der Waals surface area contributed by atoms with Crippen molar-refractivity contribution in [3.05, 3.63) is 79.4 Å². The number of carbonyl (C=O) groups excluding carboxylic acids is 2. The fourth-order valence-corrected chi connectivity index (χ4v) is 3.69. The number of benzene rings is 2. The largest absolute Gasteiger partial charge is 0.465 e. The number of non-ortho nitro benzene ring substituents is 1. The SMILES string of the molecule is COC(=O)c1cc(CCN2CCN(CCc3ccc([N+](=O)[O-])cc3)C(=O)C2)ccc1[N+](=O)[O-]. The minimum atomic E-state index is -0.764. The zero-order valence-electron chi connectivity index (χ0n) is 18.1. The van der Waals surface area contributed by atoms with Crippen molar-refractivity contribution >= 4 is 23.3 Å². The molecule has 3 rings (SSSR count). The van der Waals surface area contributed by atoms with Gasteiger partial charge < -0.3 is 9.64 Å². The van der Waals surface area contributed by atoms with Gasteiger partial charge in [-0.2, -0.15) is 0 Å². The molecule has 0 radical (unpaired) electrons. The molecule has 2 aromatic rings. The molecule has 0 unspecified atom stereocenters. The van der Waals surface area contributed by atoms with Gasteiger partial charge in [0.1, 0.15) is 5.56 Å². The molecule has 0 aromatic heterocycles. The second-order valence-corrected chi connectivity index (χ2v) is 7.68. The van der Waals surface area contributed by atoms with Crippen molar-refractivity contribution in [2.24, 2.45) is 0 Å². The first-order valence-corrected chi connectivity index (χ1v) is 10.4. The van der Waals surface area contributed by atoms with E-state index in [1.807, 2.05) is 4.90 Å². The van der Waals surface area contributed by atoms with E-state index in [4.69, 9.17) is 0 Å². The zero-order valence-corrected chi connectivity index (χ0v) is 18.1. The minimum Gasteiger partial charge on any atom is -0.465 e. The smallest absolute Gasteiger partial charge is 0.344 e. The summed E-state index contributed by atoms with van der Waals surface area (Å²) < 4.78 is 4.64. The highest BCUT2D eigenvalue weighted by atomic mass is 16.6. The lowest BCUT2D eigenvalue weighted by molar-refractivity contribution is -0.385.